The second-order valence-corrected chi connectivity index (χ2v) is 2.51. The van der Waals surface area contributed by atoms with Crippen molar-refractivity contribution in [3.63, 3.8) is 0 Å². The third-order valence-electron chi connectivity index (χ3n) is 1.41. The predicted molar refractivity (Wildman–Crippen MR) is 62.4 cm³/mol. The van der Waals surface area contributed by atoms with Crippen molar-refractivity contribution in [3.8, 4) is 0 Å². The van der Waals surface area contributed by atoms with Crippen LogP contribution in [0.2, 0.25) is 0 Å². The highest BCUT2D eigenvalue weighted by Gasteiger charge is 1.72. The van der Waals surface area contributed by atoms with Gasteiger partial charge >= 0.3 is 0 Å². The number of halogens is 1. The van der Waals surface area contributed by atoms with Crippen molar-refractivity contribution >= 4 is 12.4 Å². The van der Waals surface area contributed by atoms with Crippen molar-refractivity contribution in [2.24, 2.45) is 0 Å². The van der Waals surface area contributed by atoms with E-state index in [0.717, 1.165) is 5.56 Å². The van der Waals surface area contributed by atoms with E-state index in [2.05, 4.69) is 11.9 Å². The molecule has 0 N–H and O–H groups in total. The van der Waals surface area contributed by atoms with Gasteiger partial charge in [-0.3, -0.25) is 4.98 Å². The minimum atomic E-state index is 0. The van der Waals surface area contributed by atoms with E-state index in [-0.39, 0.29) is 12.4 Å². The normalized spacial score (nSPS) is 7.79. The van der Waals surface area contributed by atoms with Gasteiger partial charge < -0.3 is 0 Å². The molecule has 0 aliphatic heterocycles. The smallest absolute Gasteiger partial charge is 0.0267 e. The van der Waals surface area contributed by atoms with Gasteiger partial charge in [0.1, 0.15) is 0 Å². The standard InChI is InChI=1S/C7H7.C5H5N.ClH/c1-7-5-3-2-4-6-7;1-2-4-6-5-3-1;/h2-6H,1H2;1-5H;1H. The summed E-state index contributed by atoms with van der Waals surface area (Å²) in [6, 6.07) is 15.6. The van der Waals surface area contributed by atoms with E-state index in [1.807, 2.05) is 48.5 Å². The Labute approximate surface area is 91.2 Å². The van der Waals surface area contributed by atoms with Gasteiger partial charge in [-0.05, 0) is 24.6 Å². The minimum Gasteiger partial charge on any atom is -0.265 e. The Morgan fingerprint density at radius 2 is 1.29 bits per heavy atom. The molecular formula is C12H13ClN. The SMILES string of the molecule is Cl.[CH2]c1ccccc1.c1ccncc1. The Bertz CT molecular complexity index is 281. The Morgan fingerprint density at radius 1 is 0.786 bits per heavy atom. The lowest BCUT2D eigenvalue weighted by atomic mass is 10.2. The molecule has 0 aliphatic carbocycles. The third kappa shape index (κ3) is 6.21. The molecule has 0 unspecified atom stereocenters. The summed E-state index contributed by atoms with van der Waals surface area (Å²) < 4.78 is 0. The molecule has 2 rings (SSSR count). The van der Waals surface area contributed by atoms with Gasteiger partial charge in [-0.25, -0.2) is 0 Å². The summed E-state index contributed by atoms with van der Waals surface area (Å²) in [7, 11) is 0. The van der Waals surface area contributed by atoms with Crippen LogP contribution in [0.25, 0.3) is 0 Å². The lowest BCUT2D eigenvalue weighted by Gasteiger charge is -1.82. The quantitative estimate of drug-likeness (QED) is 0.644. The van der Waals surface area contributed by atoms with E-state index in [4.69, 9.17) is 0 Å². The van der Waals surface area contributed by atoms with Gasteiger partial charge in [0.05, 0.1) is 0 Å². The van der Waals surface area contributed by atoms with Crippen molar-refractivity contribution in [1.82, 2.24) is 4.98 Å². The molecule has 0 fully saturated rings. The fraction of sp³-hybridized carbons (Fsp3) is 0. The molecule has 1 aromatic heterocycles. The van der Waals surface area contributed by atoms with Gasteiger partial charge in [-0.1, -0.05) is 36.4 Å². The second-order valence-electron chi connectivity index (χ2n) is 2.51. The van der Waals surface area contributed by atoms with E-state index in [1.54, 1.807) is 12.4 Å². The first-order valence-corrected chi connectivity index (χ1v) is 4.11. The highest BCUT2D eigenvalue weighted by Crippen LogP contribution is 1.92. The van der Waals surface area contributed by atoms with Crippen LogP contribution < -0.4 is 0 Å². The van der Waals surface area contributed by atoms with E-state index < -0.39 is 0 Å². The maximum Gasteiger partial charge on any atom is 0.0267 e. The van der Waals surface area contributed by atoms with E-state index in [9.17, 15) is 0 Å². The number of hydrogen-bond donors (Lipinski definition) is 0. The van der Waals surface area contributed by atoms with Crippen molar-refractivity contribution in [2.45, 2.75) is 0 Å². The average Bonchev–Trinajstić information content (AvgIpc) is 2.22. The minimum absolute atomic E-state index is 0. The van der Waals surface area contributed by atoms with Crippen molar-refractivity contribution in [3.05, 3.63) is 73.4 Å². The van der Waals surface area contributed by atoms with E-state index in [1.165, 1.54) is 0 Å². The maximum absolute atomic E-state index is 3.78. The van der Waals surface area contributed by atoms with E-state index in [0.29, 0.717) is 0 Å². The summed E-state index contributed by atoms with van der Waals surface area (Å²) in [5.74, 6) is 0. The highest BCUT2D eigenvalue weighted by molar-refractivity contribution is 5.85. The van der Waals surface area contributed by atoms with E-state index >= 15 is 0 Å². The maximum atomic E-state index is 3.78. The number of aromatic nitrogens is 1. The van der Waals surface area contributed by atoms with Crippen LogP contribution in [0.3, 0.4) is 0 Å². The molecule has 0 atom stereocenters. The topological polar surface area (TPSA) is 12.9 Å². The predicted octanol–water partition coefficient (Wildman–Crippen LogP) is 3.37. The summed E-state index contributed by atoms with van der Waals surface area (Å²) in [4.78, 5) is 3.78. The fourth-order valence-corrected chi connectivity index (χ4v) is 0.791. The lowest BCUT2D eigenvalue weighted by molar-refractivity contribution is 1.33. The van der Waals surface area contributed by atoms with Gasteiger partial charge in [0, 0.05) is 12.4 Å². The fourth-order valence-electron chi connectivity index (χ4n) is 0.791. The Morgan fingerprint density at radius 3 is 1.50 bits per heavy atom. The molecule has 1 nitrogen and oxygen atoms in total. The second kappa shape index (κ2) is 8.27. The first kappa shape index (κ1) is 12.7. The first-order valence-electron chi connectivity index (χ1n) is 4.11. The van der Waals surface area contributed by atoms with Gasteiger partial charge in [-0.2, -0.15) is 0 Å². The largest absolute Gasteiger partial charge is 0.265 e. The molecule has 0 spiro atoms. The molecule has 1 aromatic carbocycles. The molecule has 2 aromatic rings. The Hall–Kier alpha value is -1.34. The molecule has 73 valence electrons. The molecule has 14 heavy (non-hydrogen) atoms. The molecule has 0 saturated heterocycles. The molecule has 1 heterocycles. The molecule has 0 amide bonds. The summed E-state index contributed by atoms with van der Waals surface area (Å²) >= 11 is 0. The number of rotatable bonds is 0. The van der Waals surface area contributed by atoms with Crippen LogP contribution in [0.4, 0.5) is 0 Å². The zero-order chi connectivity index (χ0) is 9.36. The Balaban J connectivity index is 0.000000227. The molecule has 0 bridgehead atoms. The van der Waals surface area contributed by atoms with Crippen LogP contribution >= 0.6 is 12.4 Å². The van der Waals surface area contributed by atoms with Crippen molar-refractivity contribution in [2.75, 3.05) is 0 Å². The van der Waals surface area contributed by atoms with Crippen LogP contribution in [0.1, 0.15) is 5.56 Å². The zero-order valence-corrected chi connectivity index (χ0v) is 8.65. The van der Waals surface area contributed by atoms with Gasteiger partial charge in [0.25, 0.3) is 0 Å². The molecule has 1 radical (unpaired) electrons. The summed E-state index contributed by atoms with van der Waals surface area (Å²) in [6.45, 7) is 3.72. The first-order chi connectivity index (χ1) is 6.39. The molecule has 0 saturated carbocycles. The van der Waals surface area contributed by atoms with Crippen LogP contribution in [-0.2, 0) is 0 Å². The summed E-state index contributed by atoms with van der Waals surface area (Å²) in [5, 5.41) is 0. The van der Waals surface area contributed by atoms with Crippen LogP contribution in [-0.4, -0.2) is 4.98 Å². The van der Waals surface area contributed by atoms with Gasteiger partial charge in [0.2, 0.25) is 0 Å². The average molecular weight is 207 g/mol. The summed E-state index contributed by atoms with van der Waals surface area (Å²) in [6.07, 6.45) is 3.50. The number of hydrogen-bond acceptors (Lipinski definition) is 1. The number of benzene rings is 1. The molecule has 2 heteroatoms. The number of pyridine rings is 1. The zero-order valence-electron chi connectivity index (χ0n) is 7.84. The van der Waals surface area contributed by atoms with Crippen molar-refractivity contribution < 1.29 is 0 Å². The van der Waals surface area contributed by atoms with Crippen LogP contribution in [0.15, 0.2) is 60.9 Å². The monoisotopic (exact) mass is 206 g/mol. The summed E-state index contributed by atoms with van der Waals surface area (Å²) in [5.41, 5.74) is 1.07. The van der Waals surface area contributed by atoms with Crippen LogP contribution in [0, 0.1) is 6.92 Å². The lowest BCUT2D eigenvalue weighted by Crippen LogP contribution is -1.62. The molecular weight excluding hydrogens is 194 g/mol. The Kier molecular flexibility index (Phi) is 7.48. The number of nitrogens with zero attached hydrogens (tertiary/aromatic N) is 1. The van der Waals surface area contributed by atoms with Gasteiger partial charge in [0.15, 0.2) is 0 Å². The van der Waals surface area contributed by atoms with Crippen molar-refractivity contribution in [1.29, 1.82) is 0 Å². The third-order valence-corrected chi connectivity index (χ3v) is 1.41. The highest BCUT2D eigenvalue weighted by atomic mass is 35.5. The molecule has 0 aliphatic rings. The van der Waals surface area contributed by atoms with Crippen LogP contribution in [0.5, 0.6) is 0 Å². The van der Waals surface area contributed by atoms with Gasteiger partial charge in [-0.15, -0.1) is 12.4 Å².